The lowest BCUT2D eigenvalue weighted by atomic mass is 9.96. The van der Waals surface area contributed by atoms with Crippen LogP contribution in [0.3, 0.4) is 0 Å². The van der Waals surface area contributed by atoms with Crippen LogP contribution in [0.1, 0.15) is 47.5 Å². The first kappa shape index (κ1) is 18.0. The van der Waals surface area contributed by atoms with Gasteiger partial charge >= 0.3 is 6.09 Å². The lowest BCUT2D eigenvalue weighted by Gasteiger charge is -2.39. The topological polar surface area (TPSA) is 59.1 Å². The molecule has 0 aliphatic carbocycles. The number of rotatable bonds is 1. The third-order valence-corrected chi connectivity index (χ3v) is 4.15. The van der Waals surface area contributed by atoms with Crippen LogP contribution < -0.4 is 0 Å². The summed E-state index contributed by atoms with van der Waals surface area (Å²) in [5, 5.41) is 0. The molecule has 6 nitrogen and oxygen atoms in total. The van der Waals surface area contributed by atoms with Gasteiger partial charge in [0.2, 0.25) is 5.91 Å². The first-order valence-electron chi connectivity index (χ1n) is 8.58. The highest BCUT2D eigenvalue weighted by atomic mass is 16.6. The van der Waals surface area contributed by atoms with Gasteiger partial charge in [0, 0.05) is 26.2 Å². The maximum absolute atomic E-state index is 12.8. The molecule has 3 atom stereocenters. The number of likely N-dealkylation sites (tertiary alicyclic amines) is 1. The van der Waals surface area contributed by atoms with Gasteiger partial charge in [-0.05, 0) is 47.5 Å². The zero-order valence-corrected chi connectivity index (χ0v) is 15.0. The van der Waals surface area contributed by atoms with Gasteiger partial charge in [0.25, 0.3) is 0 Å². The first-order valence-corrected chi connectivity index (χ1v) is 8.58. The number of morpholine rings is 1. The van der Waals surface area contributed by atoms with Gasteiger partial charge in [0.15, 0.2) is 0 Å². The summed E-state index contributed by atoms with van der Waals surface area (Å²) in [5.74, 6) is 0.00836. The maximum Gasteiger partial charge on any atom is 0.410 e. The molecule has 2 aliphatic heterocycles. The minimum Gasteiger partial charge on any atom is -0.444 e. The van der Waals surface area contributed by atoms with Crippen molar-refractivity contribution in [2.24, 2.45) is 5.92 Å². The number of carbonyl (C=O) groups excluding carboxylic acids is 2. The fraction of sp³-hybridized carbons (Fsp3) is 0.882. The molecule has 0 bridgehead atoms. The van der Waals surface area contributed by atoms with Crippen molar-refractivity contribution in [1.29, 1.82) is 0 Å². The molecule has 0 radical (unpaired) electrons. The Morgan fingerprint density at radius 1 is 1.04 bits per heavy atom. The van der Waals surface area contributed by atoms with Crippen LogP contribution in [-0.2, 0) is 14.3 Å². The lowest BCUT2D eigenvalue weighted by Crippen LogP contribution is -2.53. The van der Waals surface area contributed by atoms with Gasteiger partial charge in [-0.25, -0.2) is 4.79 Å². The summed E-state index contributed by atoms with van der Waals surface area (Å²) in [7, 11) is 0. The van der Waals surface area contributed by atoms with Gasteiger partial charge in [0.05, 0.1) is 18.1 Å². The molecular formula is C17H30N2O4. The molecule has 3 unspecified atom stereocenters. The van der Waals surface area contributed by atoms with Crippen molar-refractivity contribution in [2.45, 2.75) is 65.3 Å². The molecule has 0 aromatic carbocycles. The summed E-state index contributed by atoms with van der Waals surface area (Å²) in [6, 6.07) is 0. The first-order chi connectivity index (χ1) is 10.7. The Morgan fingerprint density at radius 2 is 1.65 bits per heavy atom. The molecule has 0 aromatic heterocycles. The fourth-order valence-corrected chi connectivity index (χ4v) is 3.29. The summed E-state index contributed by atoms with van der Waals surface area (Å²) in [4.78, 5) is 28.6. The number of hydrogen-bond donors (Lipinski definition) is 0. The molecular weight excluding hydrogens is 296 g/mol. The van der Waals surface area contributed by atoms with E-state index in [1.807, 2.05) is 39.5 Å². The van der Waals surface area contributed by atoms with Crippen molar-refractivity contribution < 1.29 is 19.1 Å². The van der Waals surface area contributed by atoms with E-state index in [0.29, 0.717) is 26.2 Å². The molecule has 2 saturated heterocycles. The fourth-order valence-electron chi connectivity index (χ4n) is 3.29. The molecule has 0 spiro atoms. The van der Waals surface area contributed by atoms with Gasteiger partial charge in [-0.1, -0.05) is 0 Å². The molecule has 6 heteroatoms. The number of nitrogens with zero attached hydrogens (tertiary/aromatic N) is 2. The molecule has 23 heavy (non-hydrogen) atoms. The van der Waals surface area contributed by atoms with Crippen molar-refractivity contribution in [3.8, 4) is 0 Å². The van der Waals surface area contributed by atoms with Crippen molar-refractivity contribution in [2.75, 3.05) is 26.2 Å². The Morgan fingerprint density at radius 3 is 2.22 bits per heavy atom. The second-order valence-electron chi connectivity index (χ2n) is 7.77. The van der Waals surface area contributed by atoms with Crippen molar-refractivity contribution in [1.82, 2.24) is 9.80 Å². The molecule has 2 aliphatic rings. The van der Waals surface area contributed by atoms with E-state index in [4.69, 9.17) is 9.47 Å². The highest BCUT2D eigenvalue weighted by molar-refractivity contribution is 5.80. The van der Waals surface area contributed by atoms with Crippen LogP contribution in [0.5, 0.6) is 0 Å². The quantitative estimate of drug-likeness (QED) is 0.742. The predicted octanol–water partition coefficient (Wildman–Crippen LogP) is 2.27. The van der Waals surface area contributed by atoms with Gasteiger partial charge < -0.3 is 19.3 Å². The normalized spacial score (nSPS) is 29.3. The second-order valence-corrected chi connectivity index (χ2v) is 7.77. The Labute approximate surface area is 139 Å². The Balaban J connectivity index is 1.95. The Bertz CT molecular complexity index is 436. The van der Waals surface area contributed by atoms with Gasteiger partial charge in [0.1, 0.15) is 5.60 Å². The average molecular weight is 326 g/mol. The largest absolute Gasteiger partial charge is 0.444 e. The van der Waals surface area contributed by atoms with Crippen LogP contribution in [0.15, 0.2) is 0 Å². The minimum absolute atomic E-state index is 0.0632. The number of carbonyl (C=O) groups is 2. The van der Waals surface area contributed by atoms with E-state index in [1.54, 1.807) is 4.90 Å². The van der Waals surface area contributed by atoms with Crippen molar-refractivity contribution in [3.63, 3.8) is 0 Å². The highest BCUT2D eigenvalue weighted by Gasteiger charge is 2.35. The van der Waals surface area contributed by atoms with E-state index in [1.165, 1.54) is 0 Å². The molecule has 2 amide bonds. The number of ether oxygens (including phenoxy) is 2. The van der Waals surface area contributed by atoms with Crippen LogP contribution >= 0.6 is 0 Å². The predicted molar refractivity (Wildman–Crippen MR) is 87.1 cm³/mol. The molecule has 0 aromatic rings. The molecule has 0 N–H and O–H groups in total. The molecule has 2 fully saturated rings. The third-order valence-electron chi connectivity index (χ3n) is 4.15. The number of piperidine rings is 1. The van der Waals surface area contributed by atoms with E-state index in [9.17, 15) is 9.59 Å². The van der Waals surface area contributed by atoms with Crippen LogP contribution in [-0.4, -0.2) is 65.8 Å². The van der Waals surface area contributed by atoms with E-state index < -0.39 is 5.60 Å². The number of amides is 2. The van der Waals surface area contributed by atoms with Gasteiger partial charge in [-0.2, -0.15) is 0 Å². The van der Waals surface area contributed by atoms with Gasteiger partial charge in [-0.15, -0.1) is 0 Å². The highest BCUT2D eigenvalue weighted by Crippen LogP contribution is 2.23. The molecule has 132 valence electrons. The standard InChI is InChI=1S/C17H30N2O4/c1-12-9-19(10-13(2)22-12)15(20)14-7-6-8-18(11-14)16(21)23-17(3,4)5/h12-14H,6-11H2,1-5H3. The second kappa shape index (κ2) is 7.07. The van der Waals surface area contributed by atoms with Crippen LogP contribution in [0.2, 0.25) is 0 Å². The zero-order valence-electron chi connectivity index (χ0n) is 15.0. The summed E-state index contributed by atoms with van der Waals surface area (Å²) < 4.78 is 11.1. The van der Waals surface area contributed by atoms with E-state index in [-0.39, 0.29) is 30.1 Å². The van der Waals surface area contributed by atoms with E-state index in [2.05, 4.69) is 0 Å². The lowest BCUT2D eigenvalue weighted by molar-refractivity contribution is -0.149. The SMILES string of the molecule is CC1CN(C(=O)C2CCCN(C(=O)OC(C)(C)C)C2)CC(C)O1. The van der Waals surface area contributed by atoms with E-state index >= 15 is 0 Å². The molecule has 2 rings (SSSR count). The monoisotopic (exact) mass is 326 g/mol. The van der Waals surface area contributed by atoms with Crippen molar-refractivity contribution >= 4 is 12.0 Å². The summed E-state index contributed by atoms with van der Waals surface area (Å²) in [6.07, 6.45) is 1.48. The zero-order chi connectivity index (χ0) is 17.2. The van der Waals surface area contributed by atoms with E-state index in [0.717, 1.165) is 12.8 Å². The molecule has 2 heterocycles. The molecule has 0 saturated carbocycles. The third kappa shape index (κ3) is 5.09. The van der Waals surface area contributed by atoms with Crippen molar-refractivity contribution in [3.05, 3.63) is 0 Å². The average Bonchev–Trinajstić information content (AvgIpc) is 2.44. The van der Waals surface area contributed by atoms with Crippen LogP contribution in [0.25, 0.3) is 0 Å². The van der Waals surface area contributed by atoms with Gasteiger partial charge in [-0.3, -0.25) is 4.79 Å². The van der Waals surface area contributed by atoms with Crippen LogP contribution in [0, 0.1) is 5.92 Å². The minimum atomic E-state index is -0.511. The smallest absolute Gasteiger partial charge is 0.410 e. The maximum atomic E-state index is 12.8. The number of hydrogen-bond acceptors (Lipinski definition) is 4. The van der Waals surface area contributed by atoms with Crippen LogP contribution in [0.4, 0.5) is 4.79 Å². The Hall–Kier alpha value is -1.30. The summed E-state index contributed by atoms with van der Waals surface area (Å²) >= 11 is 0. The summed E-state index contributed by atoms with van der Waals surface area (Å²) in [6.45, 7) is 11.9. The summed E-state index contributed by atoms with van der Waals surface area (Å²) in [5.41, 5.74) is -0.511. The Kier molecular flexibility index (Phi) is 5.55.